The van der Waals surface area contributed by atoms with Crippen LogP contribution in [0.2, 0.25) is 10.0 Å². The molecule has 2 N–H and O–H groups in total. The molecule has 1 aromatic heterocycles. The van der Waals surface area contributed by atoms with Gasteiger partial charge in [0.25, 0.3) is 0 Å². The van der Waals surface area contributed by atoms with Gasteiger partial charge < -0.3 is 29.1 Å². The maximum absolute atomic E-state index is 13.2. The third kappa shape index (κ3) is 5.76. The van der Waals surface area contributed by atoms with Crippen LogP contribution < -0.4 is 24.7 Å². The van der Waals surface area contributed by atoms with Crippen LogP contribution in [0.4, 0.5) is 0 Å². The fraction of sp³-hybridized carbons (Fsp3) is 0.143. The smallest absolute Gasteiger partial charge is 0.379 e. The van der Waals surface area contributed by atoms with E-state index in [1.165, 1.54) is 0 Å². The second-order valence-corrected chi connectivity index (χ2v) is 11.3. The summed E-state index contributed by atoms with van der Waals surface area (Å²) in [5.74, 6) is 0.322. The number of esters is 1. The number of nitrogens with two attached hydrogens (primary N) is 1. The SMILES string of the molecule is COc1cc(C2C(C#N)=C(N)Oc3cc(OC(=O)c4oc5cc(C)c(Cl)cc5c4C)ccc32)ccc1OCc1ccc(Cl)cc1. The van der Waals surface area contributed by atoms with Crippen molar-refractivity contribution in [1.29, 1.82) is 5.26 Å². The first-order valence-corrected chi connectivity index (χ1v) is 14.6. The number of allylic oxidation sites excluding steroid dienone is 1. The van der Waals surface area contributed by atoms with E-state index in [0.29, 0.717) is 50.6 Å². The van der Waals surface area contributed by atoms with E-state index < -0.39 is 11.9 Å². The molecule has 0 fully saturated rings. The Morgan fingerprint density at radius 1 is 1.00 bits per heavy atom. The Morgan fingerprint density at radius 3 is 2.51 bits per heavy atom. The van der Waals surface area contributed by atoms with Crippen LogP contribution in [0.15, 0.2) is 88.7 Å². The second kappa shape index (κ2) is 12.1. The van der Waals surface area contributed by atoms with Crippen LogP contribution in [0.5, 0.6) is 23.0 Å². The van der Waals surface area contributed by atoms with Crippen molar-refractivity contribution in [3.63, 3.8) is 0 Å². The Bertz CT molecular complexity index is 2040. The maximum atomic E-state index is 13.2. The van der Waals surface area contributed by atoms with Crippen LogP contribution in [-0.2, 0) is 6.61 Å². The number of ether oxygens (including phenoxy) is 4. The number of methoxy groups -OCH3 is 1. The minimum Gasteiger partial charge on any atom is -0.493 e. The van der Waals surface area contributed by atoms with E-state index in [1.807, 2.05) is 25.1 Å². The highest BCUT2D eigenvalue weighted by molar-refractivity contribution is 6.32. The molecule has 0 radical (unpaired) electrons. The number of nitrogens with zero attached hydrogens (tertiary/aromatic N) is 1. The van der Waals surface area contributed by atoms with Gasteiger partial charge in [-0.25, -0.2) is 4.79 Å². The van der Waals surface area contributed by atoms with Crippen LogP contribution in [0.3, 0.4) is 0 Å². The van der Waals surface area contributed by atoms with Crippen LogP contribution >= 0.6 is 23.2 Å². The second-order valence-electron chi connectivity index (χ2n) is 10.5. The number of aryl methyl sites for hydroxylation is 2. The van der Waals surface area contributed by atoms with Crippen LogP contribution in [0.1, 0.15) is 44.3 Å². The Labute approximate surface area is 269 Å². The van der Waals surface area contributed by atoms with E-state index in [0.717, 1.165) is 22.1 Å². The molecule has 1 aliphatic rings. The number of carbonyl (C=O) groups excluding carboxylic acids is 1. The first-order chi connectivity index (χ1) is 21.7. The largest absolute Gasteiger partial charge is 0.493 e. The van der Waals surface area contributed by atoms with E-state index in [-0.39, 0.29) is 23.0 Å². The number of benzene rings is 4. The Kier molecular flexibility index (Phi) is 8.07. The molecule has 2 heterocycles. The van der Waals surface area contributed by atoms with Crippen molar-refractivity contribution in [2.75, 3.05) is 7.11 Å². The Balaban J connectivity index is 1.28. The van der Waals surface area contributed by atoms with E-state index in [1.54, 1.807) is 68.6 Å². The van der Waals surface area contributed by atoms with Crippen molar-refractivity contribution < 1.29 is 28.2 Å². The number of hydrogen-bond acceptors (Lipinski definition) is 8. The highest BCUT2D eigenvalue weighted by Gasteiger charge is 2.32. The van der Waals surface area contributed by atoms with Gasteiger partial charge in [-0.3, -0.25) is 0 Å². The zero-order chi connectivity index (χ0) is 31.8. The van der Waals surface area contributed by atoms with Crippen LogP contribution in [-0.4, -0.2) is 13.1 Å². The molecule has 226 valence electrons. The highest BCUT2D eigenvalue weighted by Crippen LogP contribution is 2.45. The number of halogens is 2. The molecule has 10 heteroatoms. The summed E-state index contributed by atoms with van der Waals surface area (Å²) in [6, 6.07) is 23.4. The monoisotopic (exact) mass is 640 g/mol. The summed E-state index contributed by atoms with van der Waals surface area (Å²) < 4.78 is 29.0. The van der Waals surface area contributed by atoms with Crippen molar-refractivity contribution in [3.05, 3.63) is 128 Å². The molecule has 1 aliphatic heterocycles. The standard InChI is InChI=1S/C35H26Cl2N2O6/c1-18-12-29-25(15-27(18)37)19(2)33(44-29)35(40)43-23-9-10-24-30(14-23)45-34(39)26(16-38)32(24)21-6-11-28(31(13-21)41-3)42-17-20-4-7-22(36)8-5-20/h4-15,32H,17,39H2,1-3H3. The summed E-state index contributed by atoms with van der Waals surface area (Å²) in [7, 11) is 1.54. The number of fused-ring (bicyclic) bond motifs is 2. The fourth-order valence-electron chi connectivity index (χ4n) is 5.26. The van der Waals surface area contributed by atoms with Gasteiger partial charge in [-0.15, -0.1) is 0 Å². The number of carbonyl (C=O) groups is 1. The Hall–Kier alpha value is -5.10. The molecule has 8 nitrogen and oxygen atoms in total. The molecule has 1 atom stereocenters. The molecule has 0 saturated carbocycles. The number of furan rings is 1. The highest BCUT2D eigenvalue weighted by atomic mass is 35.5. The van der Waals surface area contributed by atoms with Crippen molar-refractivity contribution in [2.45, 2.75) is 26.4 Å². The summed E-state index contributed by atoms with van der Waals surface area (Å²) in [4.78, 5) is 13.2. The van der Waals surface area contributed by atoms with Crippen molar-refractivity contribution >= 4 is 40.1 Å². The lowest BCUT2D eigenvalue weighted by molar-refractivity contribution is 0.0702. The third-order valence-electron chi connectivity index (χ3n) is 7.63. The average Bonchev–Trinajstić information content (AvgIpc) is 3.34. The number of hydrogen-bond donors (Lipinski definition) is 1. The van der Waals surface area contributed by atoms with Crippen molar-refractivity contribution in [2.24, 2.45) is 5.73 Å². The van der Waals surface area contributed by atoms with Gasteiger partial charge in [0.05, 0.1) is 13.0 Å². The van der Waals surface area contributed by atoms with Gasteiger partial charge in [0.1, 0.15) is 35.3 Å². The van der Waals surface area contributed by atoms with E-state index >= 15 is 0 Å². The molecule has 4 aromatic carbocycles. The van der Waals surface area contributed by atoms with Gasteiger partial charge >= 0.3 is 5.97 Å². The predicted octanol–water partition coefficient (Wildman–Crippen LogP) is 8.38. The van der Waals surface area contributed by atoms with Crippen LogP contribution in [0.25, 0.3) is 11.0 Å². The van der Waals surface area contributed by atoms with Crippen molar-refractivity contribution in [3.8, 4) is 29.1 Å². The molecule has 0 saturated heterocycles. The summed E-state index contributed by atoms with van der Waals surface area (Å²) >= 11 is 12.3. The summed E-state index contributed by atoms with van der Waals surface area (Å²) in [5.41, 5.74) is 10.8. The summed E-state index contributed by atoms with van der Waals surface area (Å²) in [6.45, 7) is 3.94. The fourth-order valence-corrected chi connectivity index (χ4v) is 5.55. The molecule has 45 heavy (non-hydrogen) atoms. The van der Waals surface area contributed by atoms with Gasteiger partial charge in [0.15, 0.2) is 11.5 Å². The van der Waals surface area contributed by atoms with Gasteiger partial charge in [-0.1, -0.05) is 47.5 Å². The van der Waals surface area contributed by atoms with E-state index in [9.17, 15) is 10.1 Å². The van der Waals surface area contributed by atoms with Gasteiger partial charge in [-0.05, 0) is 73.0 Å². The first kappa shape index (κ1) is 29.9. The molecule has 0 spiro atoms. The first-order valence-electron chi connectivity index (χ1n) is 13.8. The van der Waals surface area contributed by atoms with Gasteiger partial charge in [0.2, 0.25) is 11.6 Å². The molecule has 0 bridgehead atoms. The lowest BCUT2D eigenvalue weighted by atomic mass is 9.83. The topological polar surface area (TPSA) is 117 Å². The van der Waals surface area contributed by atoms with E-state index in [2.05, 4.69) is 6.07 Å². The average molecular weight is 642 g/mol. The summed E-state index contributed by atoms with van der Waals surface area (Å²) in [6.07, 6.45) is 0. The lowest BCUT2D eigenvalue weighted by Crippen LogP contribution is -2.21. The molecule has 5 aromatic rings. The minimum absolute atomic E-state index is 0.0547. The molecular weight excluding hydrogens is 615 g/mol. The van der Waals surface area contributed by atoms with E-state index in [4.69, 9.17) is 52.3 Å². The van der Waals surface area contributed by atoms with Crippen LogP contribution in [0, 0.1) is 25.2 Å². The van der Waals surface area contributed by atoms with Gasteiger partial charge in [-0.2, -0.15) is 5.26 Å². The third-order valence-corrected chi connectivity index (χ3v) is 8.29. The normalized spacial score (nSPS) is 14.0. The van der Waals surface area contributed by atoms with Crippen molar-refractivity contribution in [1.82, 2.24) is 0 Å². The predicted molar refractivity (Wildman–Crippen MR) is 170 cm³/mol. The maximum Gasteiger partial charge on any atom is 0.379 e. The molecule has 0 aliphatic carbocycles. The lowest BCUT2D eigenvalue weighted by Gasteiger charge is -2.27. The zero-order valence-electron chi connectivity index (χ0n) is 24.4. The quantitative estimate of drug-likeness (QED) is 0.139. The summed E-state index contributed by atoms with van der Waals surface area (Å²) in [5, 5.41) is 12.0. The molecule has 0 amide bonds. The molecular formula is C35H26Cl2N2O6. The number of nitriles is 1. The Morgan fingerprint density at radius 2 is 1.78 bits per heavy atom. The zero-order valence-corrected chi connectivity index (χ0v) is 26.0. The molecule has 1 unspecified atom stereocenters. The number of rotatable bonds is 7. The van der Waals surface area contributed by atoms with Gasteiger partial charge in [0, 0.05) is 32.6 Å². The minimum atomic E-state index is -0.676. The molecule has 6 rings (SSSR count).